The van der Waals surface area contributed by atoms with Crippen molar-refractivity contribution in [3.05, 3.63) is 41.9 Å². The van der Waals surface area contributed by atoms with Gasteiger partial charge in [-0.1, -0.05) is 0 Å². The van der Waals surface area contributed by atoms with E-state index < -0.39 is 5.82 Å². The van der Waals surface area contributed by atoms with Crippen LogP contribution in [0.5, 0.6) is 5.88 Å². The number of nitrogens with zero attached hydrogens (tertiary/aromatic N) is 4. The molecule has 3 rings (SSSR count). The van der Waals surface area contributed by atoms with Gasteiger partial charge >= 0.3 is 0 Å². The minimum Gasteiger partial charge on any atom is -0.474 e. The van der Waals surface area contributed by atoms with Crippen molar-refractivity contribution in [2.24, 2.45) is 7.05 Å². The summed E-state index contributed by atoms with van der Waals surface area (Å²) in [5.41, 5.74) is 2.33. The largest absolute Gasteiger partial charge is 0.474 e. The van der Waals surface area contributed by atoms with Crippen molar-refractivity contribution in [3.63, 3.8) is 0 Å². The summed E-state index contributed by atoms with van der Waals surface area (Å²) in [5, 5.41) is 0. The predicted molar refractivity (Wildman–Crippen MR) is 71.9 cm³/mol. The van der Waals surface area contributed by atoms with E-state index in [0.29, 0.717) is 6.61 Å². The summed E-state index contributed by atoms with van der Waals surface area (Å²) in [6.07, 6.45) is 4.21. The summed E-state index contributed by atoms with van der Waals surface area (Å²) in [7, 11) is 4.02. The molecule has 0 saturated heterocycles. The number of fused-ring (bicyclic) bond motifs is 1. The lowest BCUT2D eigenvalue weighted by molar-refractivity contribution is 0.134. The number of halogens is 1. The number of hydrogen-bond donors (Lipinski definition) is 0. The molecule has 1 aliphatic rings. The summed E-state index contributed by atoms with van der Waals surface area (Å²) < 4.78 is 21.0. The van der Waals surface area contributed by atoms with Crippen LogP contribution in [0.4, 0.5) is 4.39 Å². The highest BCUT2D eigenvalue weighted by atomic mass is 19.1. The molecule has 0 saturated carbocycles. The van der Waals surface area contributed by atoms with Crippen molar-refractivity contribution >= 4 is 0 Å². The number of likely N-dealkylation sites (N-methyl/N-ethyl adjacent to an activating group) is 1. The second-order valence-corrected chi connectivity index (χ2v) is 5.12. The third-order valence-corrected chi connectivity index (χ3v) is 3.73. The molecular weight excluding hydrogens is 259 g/mol. The molecule has 3 heterocycles. The fourth-order valence-electron chi connectivity index (χ4n) is 2.48. The van der Waals surface area contributed by atoms with Gasteiger partial charge in [-0.25, -0.2) is 14.4 Å². The van der Waals surface area contributed by atoms with Crippen molar-refractivity contribution in [3.8, 4) is 5.88 Å². The molecule has 1 aliphatic heterocycles. The summed E-state index contributed by atoms with van der Waals surface area (Å²) in [6.45, 7) is 1.20. The molecule has 2 aromatic heterocycles. The third-order valence-electron chi connectivity index (χ3n) is 3.73. The highest BCUT2D eigenvalue weighted by Gasteiger charge is 2.27. The fourth-order valence-corrected chi connectivity index (χ4v) is 2.48. The minimum absolute atomic E-state index is 0.0664. The van der Waals surface area contributed by atoms with Crippen LogP contribution < -0.4 is 4.74 Å². The second-order valence-electron chi connectivity index (χ2n) is 5.12. The zero-order chi connectivity index (χ0) is 14.1. The molecule has 0 radical (unpaired) electrons. The van der Waals surface area contributed by atoms with E-state index in [4.69, 9.17) is 4.74 Å². The molecule has 0 unspecified atom stereocenters. The number of rotatable bonds is 3. The summed E-state index contributed by atoms with van der Waals surface area (Å²) in [6, 6.07) is 3.10. The Kier molecular flexibility index (Phi) is 3.40. The predicted octanol–water partition coefficient (Wildman–Crippen LogP) is 1.39. The summed E-state index contributed by atoms with van der Waals surface area (Å²) in [4.78, 5) is 10.5. The number of ether oxygens (including phenoxy) is 1. The lowest BCUT2D eigenvalue weighted by Crippen LogP contribution is -2.42. The average molecular weight is 276 g/mol. The lowest BCUT2D eigenvalue weighted by atomic mass is 10.0. The highest BCUT2D eigenvalue weighted by Crippen LogP contribution is 2.21. The first-order valence-corrected chi connectivity index (χ1v) is 6.57. The van der Waals surface area contributed by atoms with Gasteiger partial charge in [0.1, 0.15) is 6.61 Å². The molecule has 0 fully saturated rings. The number of aryl methyl sites for hydroxylation is 1. The van der Waals surface area contributed by atoms with Crippen LogP contribution in [-0.4, -0.2) is 39.1 Å². The maximum atomic E-state index is 13.5. The molecule has 0 aromatic carbocycles. The number of hydrogen-bond acceptors (Lipinski definition) is 4. The van der Waals surface area contributed by atoms with Crippen molar-refractivity contribution in [2.45, 2.75) is 19.0 Å². The second kappa shape index (κ2) is 5.20. The molecule has 0 N–H and O–H groups in total. The first-order valence-electron chi connectivity index (χ1n) is 6.57. The summed E-state index contributed by atoms with van der Waals surface area (Å²) in [5.74, 6) is -0.358. The Balaban J connectivity index is 1.70. The third kappa shape index (κ3) is 2.38. The lowest BCUT2D eigenvalue weighted by Gasteiger charge is -2.32. The molecule has 0 amide bonds. The fraction of sp³-hybridized carbons (Fsp3) is 0.429. The van der Waals surface area contributed by atoms with Crippen molar-refractivity contribution in [1.29, 1.82) is 0 Å². The van der Waals surface area contributed by atoms with Gasteiger partial charge in [0.25, 0.3) is 0 Å². The van der Waals surface area contributed by atoms with Gasteiger partial charge in [0.15, 0.2) is 5.82 Å². The SMILES string of the molecule is CN1Cc2ncn(C)c2C[C@H]1COc1ncccc1F. The van der Waals surface area contributed by atoms with Crippen LogP contribution >= 0.6 is 0 Å². The Labute approximate surface area is 117 Å². The van der Waals surface area contributed by atoms with E-state index in [9.17, 15) is 4.39 Å². The Morgan fingerprint density at radius 3 is 3.05 bits per heavy atom. The Hall–Kier alpha value is -1.95. The first-order chi connectivity index (χ1) is 9.65. The maximum Gasteiger partial charge on any atom is 0.250 e. The van der Waals surface area contributed by atoms with E-state index in [1.165, 1.54) is 18.0 Å². The smallest absolute Gasteiger partial charge is 0.250 e. The quantitative estimate of drug-likeness (QED) is 0.849. The number of imidazole rings is 1. The van der Waals surface area contributed by atoms with Crippen LogP contribution in [0.2, 0.25) is 0 Å². The standard InChI is InChI=1S/C14H17FN4O/c1-18-7-12-13(19(2)9-17-12)6-10(18)8-20-14-11(15)4-3-5-16-14/h3-5,9-10H,6-8H2,1-2H3/t10-/m0/s1. The van der Waals surface area contributed by atoms with E-state index in [1.54, 1.807) is 6.07 Å². The molecule has 106 valence electrons. The van der Waals surface area contributed by atoms with Crippen LogP contribution in [0.25, 0.3) is 0 Å². The van der Waals surface area contributed by atoms with E-state index in [2.05, 4.69) is 14.9 Å². The van der Waals surface area contributed by atoms with Gasteiger partial charge in [-0.05, 0) is 19.2 Å². The molecule has 6 heteroatoms. The van der Waals surface area contributed by atoms with Gasteiger partial charge in [-0.2, -0.15) is 0 Å². The van der Waals surface area contributed by atoms with Gasteiger partial charge in [0.05, 0.1) is 12.0 Å². The van der Waals surface area contributed by atoms with Crippen LogP contribution in [0.15, 0.2) is 24.7 Å². The van der Waals surface area contributed by atoms with Crippen LogP contribution in [0.1, 0.15) is 11.4 Å². The number of pyridine rings is 1. The minimum atomic E-state index is -0.424. The topological polar surface area (TPSA) is 43.2 Å². The normalized spacial score (nSPS) is 18.9. The highest BCUT2D eigenvalue weighted by molar-refractivity contribution is 5.18. The Morgan fingerprint density at radius 2 is 2.25 bits per heavy atom. The molecule has 2 aromatic rings. The molecule has 1 atom stereocenters. The molecule has 20 heavy (non-hydrogen) atoms. The molecular formula is C14H17FN4O. The zero-order valence-corrected chi connectivity index (χ0v) is 11.6. The van der Waals surface area contributed by atoms with Crippen molar-refractivity contribution < 1.29 is 9.13 Å². The Bertz CT molecular complexity index is 613. The van der Waals surface area contributed by atoms with E-state index >= 15 is 0 Å². The van der Waals surface area contributed by atoms with E-state index in [-0.39, 0.29) is 11.9 Å². The Morgan fingerprint density at radius 1 is 1.40 bits per heavy atom. The van der Waals surface area contributed by atoms with Gasteiger partial charge in [-0.3, -0.25) is 4.90 Å². The van der Waals surface area contributed by atoms with Gasteiger partial charge in [-0.15, -0.1) is 0 Å². The van der Waals surface area contributed by atoms with Crippen LogP contribution in [0, 0.1) is 5.82 Å². The maximum absolute atomic E-state index is 13.5. The van der Waals surface area contributed by atoms with E-state index in [0.717, 1.165) is 18.7 Å². The van der Waals surface area contributed by atoms with Crippen molar-refractivity contribution in [1.82, 2.24) is 19.4 Å². The summed E-state index contributed by atoms with van der Waals surface area (Å²) >= 11 is 0. The molecule has 0 bridgehead atoms. The number of aromatic nitrogens is 3. The van der Waals surface area contributed by atoms with Crippen molar-refractivity contribution in [2.75, 3.05) is 13.7 Å². The van der Waals surface area contributed by atoms with Gasteiger partial charge in [0, 0.05) is 37.9 Å². The molecule has 0 aliphatic carbocycles. The molecule has 0 spiro atoms. The van der Waals surface area contributed by atoms with Gasteiger partial charge < -0.3 is 9.30 Å². The average Bonchev–Trinajstić information content (AvgIpc) is 2.78. The van der Waals surface area contributed by atoms with Crippen LogP contribution in [-0.2, 0) is 20.0 Å². The van der Waals surface area contributed by atoms with Crippen LogP contribution in [0.3, 0.4) is 0 Å². The monoisotopic (exact) mass is 276 g/mol. The molecule has 5 nitrogen and oxygen atoms in total. The zero-order valence-electron chi connectivity index (χ0n) is 11.6. The van der Waals surface area contributed by atoms with Gasteiger partial charge in [0.2, 0.25) is 5.88 Å². The van der Waals surface area contributed by atoms with E-state index in [1.807, 2.05) is 25.0 Å². The first kappa shape index (κ1) is 13.1.